The van der Waals surface area contributed by atoms with E-state index < -0.39 is 34.9 Å². The van der Waals surface area contributed by atoms with Gasteiger partial charge in [0.15, 0.2) is 0 Å². The van der Waals surface area contributed by atoms with E-state index in [0.29, 0.717) is 0 Å². The minimum absolute atomic E-state index is 0.362. The molecule has 90 valence electrons. The standard InChI is InChI=1S/C9H7F2N3O3/c1-17-9-7(8(10)11)5(2-3-12)6(4-13-9)14(15)16/h4,8H,2H2,1H3. The van der Waals surface area contributed by atoms with E-state index in [1.807, 2.05) is 0 Å². The number of hydrogen-bond donors (Lipinski definition) is 0. The number of nitro groups is 1. The Hall–Kier alpha value is -2.30. The van der Waals surface area contributed by atoms with Crippen LogP contribution in [0.15, 0.2) is 6.20 Å². The Morgan fingerprint density at radius 3 is 2.76 bits per heavy atom. The predicted octanol–water partition coefficient (Wildman–Crippen LogP) is 2.00. The van der Waals surface area contributed by atoms with Gasteiger partial charge in [-0.05, 0) is 0 Å². The summed E-state index contributed by atoms with van der Waals surface area (Å²) in [5.41, 5.74) is -1.68. The Bertz CT molecular complexity index is 485. The van der Waals surface area contributed by atoms with Gasteiger partial charge in [-0.2, -0.15) is 5.26 Å². The molecule has 0 aliphatic heterocycles. The molecule has 0 spiro atoms. The van der Waals surface area contributed by atoms with Gasteiger partial charge >= 0.3 is 0 Å². The fraction of sp³-hybridized carbons (Fsp3) is 0.333. The van der Waals surface area contributed by atoms with Crippen LogP contribution in [0.4, 0.5) is 14.5 Å². The van der Waals surface area contributed by atoms with Gasteiger partial charge in [0.1, 0.15) is 6.20 Å². The molecule has 0 bridgehead atoms. The maximum Gasteiger partial charge on any atom is 0.292 e. The maximum absolute atomic E-state index is 12.8. The third-order valence-corrected chi connectivity index (χ3v) is 2.03. The van der Waals surface area contributed by atoms with Gasteiger partial charge in [0.25, 0.3) is 12.1 Å². The second kappa shape index (κ2) is 5.16. The Morgan fingerprint density at radius 1 is 1.71 bits per heavy atom. The van der Waals surface area contributed by atoms with Crippen molar-refractivity contribution in [2.75, 3.05) is 7.11 Å². The van der Waals surface area contributed by atoms with Gasteiger partial charge < -0.3 is 4.74 Å². The minimum atomic E-state index is -3.00. The highest BCUT2D eigenvalue weighted by atomic mass is 19.3. The lowest BCUT2D eigenvalue weighted by molar-refractivity contribution is -0.385. The summed E-state index contributed by atoms with van der Waals surface area (Å²) in [4.78, 5) is 13.2. The number of pyridine rings is 1. The third kappa shape index (κ3) is 2.44. The summed E-state index contributed by atoms with van der Waals surface area (Å²) in [6.07, 6.45) is -2.70. The second-order valence-electron chi connectivity index (χ2n) is 2.94. The molecule has 6 nitrogen and oxygen atoms in total. The van der Waals surface area contributed by atoms with Crippen molar-refractivity contribution < 1.29 is 18.4 Å². The molecule has 0 aliphatic carbocycles. The number of alkyl halides is 2. The van der Waals surface area contributed by atoms with Gasteiger partial charge in [-0.15, -0.1) is 0 Å². The van der Waals surface area contributed by atoms with Crippen molar-refractivity contribution in [3.8, 4) is 11.9 Å². The SMILES string of the molecule is COc1ncc([N+](=O)[O-])c(CC#N)c1C(F)F. The molecule has 8 heteroatoms. The molecule has 0 amide bonds. The van der Waals surface area contributed by atoms with E-state index in [-0.39, 0.29) is 5.56 Å². The van der Waals surface area contributed by atoms with Gasteiger partial charge in [0, 0.05) is 0 Å². The van der Waals surface area contributed by atoms with Crippen LogP contribution in [0.25, 0.3) is 0 Å². The summed E-state index contributed by atoms with van der Waals surface area (Å²) in [5.74, 6) is -0.407. The fourth-order valence-electron chi connectivity index (χ4n) is 1.34. The van der Waals surface area contributed by atoms with Crippen molar-refractivity contribution in [3.05, 3.63) is 27.4 Å². The van der Waals surface area contributed by atoms with Crippen molar-refractivity contribution in [1.82, 2.24) is 4.98 Å². The first-order valence-corrected chi connectivity index (χ1v) is 4.38. The summed E-state index contributed by atoms with van der Waals surface area (Å²) in [7, 11) is 1.12. The van der Waals surface area contributed by atoms with Gasteiger partial charge in [-0.1, -0.05) is 0 Å². The van der Waals surface area contributed by atoms with Crippen molar-refractivity contribution in [3.63, 3.8) is 0 Å². The molecular weight excluding hydrogens is 236 g/mol. The van der Waals surface area contributed by atoms with Crippen LogP contribution in [0.2, 0.25) is 0 Å². The average Bonchev–Trinajstić information content (AvgIpc) is 2.27. The van der Waals surface area contributed by atoms with E-state index in [9.17, 15) is 18.9 Å². The van der Waals surface area contributed by atoms with Crippen LogP contribution in [-0.2, 0) is 6.42 Å². The topological polar surface area (TPSA) is 89.1 Å². The normalized spacial score (nSPS) is 10.1. The van der Waals surface area contributed by atoms with Crippen LogP contribution in [0.5, 0.6) is 5.88 Å². The first kappa shape index (κ1) is 12.8. The molecule has 0 N–H and O–H groups in total. The first-order chi connectivity index (χ1) is 8.02. The molecule has 0 aromatic carbocycles. The highest BCUT2D eigenvalue weighted by molar-refractivity contribution is 5.50. The van der Waals surface area contributed by atoms with Crippen LogP contribution in [-0.4, -0.2) is 17.0 Å². The summed E-state index contributed by atoms with van der Waals surface area (Å²) in [6, 6.07) is 1.60. The summed E-state index contributed by atoms with van der Waals surface area (Å²) >= 11 is 0. The van der Waals surface area contributed by atoms with Crippen molar-refractivity contribution >= 4 is 5.69 Å². The molecular formula is C9H7F2N3O3. The van der Waals surface area contributed by atoms with E-state index in [2.05, 4.69) is 9.72 Å². The predicted molar refractivity (Wildman–Crippen MR) is 51.7 cm³/mol. The molecule has 0 fully saturated rings. The molecule has 1 aromatic heterocycles. The zero-order valence-corrected chi connectivity index (χ0v) is 8.68. The Morgan fingerprint density at radius 2 is 2.35 bits per heavy atom. The van der Waals surface area contributed by atoms with Crippen LogP contribution >= 0.6 is 0 Å². The number of aromatic nitrogens is 1. The lowest BCUT2D eigenvalue weighted by atomic mass is 10.1. The lowest BCUT2D eigenvalue weighted by Gasteiger charge is -2.10. The number of rotatable bonds is 4. The highest BCUT2D eigenvalue weighted by Crippen LogP contribution is 2.35. The third-order valence-electron chi connectivity index (χ3n) is 2.03. The number of hydrogen-bond acceptors (Lipinski definition) is 5. The monoisotopic (exact) mass is 243 g/mol. The molecule has 0 saturated heterocycles. The van der Waals surface area contributed by atoms with Crippen molar-refractivity contribution in [1.29, 1.82) is 5.26 Å². The molecule has 1 rings (SSSR count). The zero-order chi connectivity index (χ0) is 13.0. The summed E-state index contributed by atoms with van der Waals surface area (Å²) in [6.45, 7) is 0. The molecule has 0 saturated carbocycles. The van der Waals surface area contributed by atoms with Gasteiger partial charge in [0.05, 0.1) is 35.7 Å². The first-order valence-electron chi connectivity index (χ1n) is 4.38. The van der Waals surface area contributed by atoms with E-state index in [0.717, 1.165) is 13.3 Å². The lowest BCUT2D eigenvalue weighted by Crippen LogP contribution is -2.05. The molecule has 1 heterocycles. The number of nitriles is 1. The van der Waals surface area contributed by atoms with Gasteiger partial charge in [-0.25, -0.2) is 13.8 Å². The second-order valence-corrected chi connectivity index (χ2v) is 2.94. The van der Waals surface area contributed by atoms with E-state index in [1.165, 1.54) is 0 Å². The number of halogens is 2. The Labute approximate surface area is 94.6 Å². The maximum atomic E-state index is 12.8. The largest absolute Gasteiger partial charge is 0.481 e. The van der Waals surface area contributed by atoms with E-state index in [1.54, 1.807) is 6.07 Å². The number of nitrogens with zero attached hydrogens (tertiary/aromatic N) is 3. The summed E-state index contributed by atoms with van der Waals surface area (Å²) in [5, 5.41) is 19.2. The molecule has 0 aliphatic rings. The molecule has 17 heavy (non-hydrogen) atoms. The molecule has 0 atom stereocenters. The van der Waals surface area contributed by atoms with Crippen LogP contribution in [0.3, 0.4) is 0 Å². The quantitative estimate of drug-likeness (QED) is 0.596. The fourth-order valence-corrected chi connectivity index (χ4v) is 1.34. The minimum Gasteiger partial charge on any atom is -0.481 e. The van der Waals surface area contributed by atoms with E-state index >= 15 is 0 Å². The smallest absolute Gasteiger partial charge is 0.292 e. The number of ether oxygens (including phenoxy) is 1. The van der Waals surface area contributed by atoms with Gasteiger partial charge in [0.2, 0.25) is 5.88 Å². The Kier molecular flexibility index (Phi) is 3.87. The van der Waals surface area contributed by atoms with Crippen LogP contribution < -0.4 is 4.74 Å². The summed E-state index contributed by atoms with van der Waals surface area (Å²) < 4.78 is 30.2. The average molecular weight is 243 g/mol. The van der Waals surface area contributed by atoms with E-state index in [4.69, 9.17) is 5.26 Å². The van der Waals surface area contributed by atoms with Crippen LogP contribution in [0, 0.1) is 21.4 Å². The van der Waals surface area contributed by atoms with Gasteiger partial charge in [-0.3, -0.25) is 10.1 Å². The Balaban J connectivity index is 3.54. The van der Waals surface area contributed by atoms with Crippen LogP contribution in [0.1, 0.15) is 17.6 Å². The van der Waals surface area contributed by atoms with Crippen molar-refractivity contribution in [2.45, 2.75) is 12.8 Å². The van der Waals surface area contributed by atoms with Crippen molar-refractivity contribution in [2.24, 2.45) is 0 Å². The number of methoxy groups -OCH3 is 1. The molecule has 0 unspecified atom stereocenters. The molecule has 0 radical (unpaired) electrons. The molecule has 1 aromatic rings. The highest BCUT2D eigenvalue weighted by Gasteiger charge is 2.27. The zero-order valence-electron chi connectivity index (χ0n) is 8.68.